The summed E-state index contributed by atoms with van der Waals surface area (Å²) >= 11 is 0. The van der Waals surface area contributed by atoms with Crippen molar-refractivity contribution in [3.63, 3.8) is 0 Å². The second kappa shape index (κ2) is 6.76. The van der Waals surface area contributed by atoms with Crippen LogP contribution in [0.1, 0.15) is 32.8 Å². The van der Waals surface area contributed by atoms with Crippen LogP contribution < -0.4 is 10.5 Å². The Morgan fingerprint density at radius 2 is 1.83 bits per heavy atom. The zero-order chi connectivity index (χ0) is 13.6. The molecule has 0 aliphatic heterocycles. The molecule has 1 atom stereocenters. The molecule has 0 aliphatic rings. The van der Waals surface area contributed by atoms with Crippen molar-refractivity contribution in [2.24, 2.45) is 5.73 Å². The number of methoxy groups -OCH3 is 1. The Labute approximate surface area is 110 Å². The lowest BCUT2D eigenvalue weighted by Gasteiger charge is -2.31. The summed E-state index contributed by atoms with van der Waals surface area (Å²) < 4.78 is 10.8. The van der Waals surface area contributed by atoms with Gasteiger partial charge in [0.05, 0.1) is 12.7 Å². The fourth-order valence-electron chi connectivity index (χ4n) is 1.94. The molecule has 3 nitrogen and oxygen atoms in total. The molecule has 18 heavy (non-hydrogen) atoms. The van der Waals surface area contributed by atoms with E-state index < -0.39 is 0 Å². The predicted molar refractivity (Wildman–Crippen MR) is 75.0 cm³/mol. The Kier molecular flexibility index (Phi) is 5.63. The predicted octanol–water partition coefficient (Wildman–Crippen LogP) is 2.77. The summed E-state index contributed by atoms with van der Waals surface area (Å²) in [5.41, 5.74) is 7.21. The maximum Gasteiger partial charge on any atom is 0.118 e. The van der Waals surface area contributed by atoms with Crippen molar-refractivity contribution in [2.75, 3.05) is 13.7 Å². The van der Waals surface area contributed by atoms with Gasteiger partial charge in [0.1, 0.15) is 5.75 Å². The third-order valence-corrected chi connectivity index (χ3v) is 3.31. The lowest BCUT2D eigenvalue weighted by molar-refractivity contribution is -0.0306. The Balaban J connectivity index is 2.48. The van der Waals surface area contributed by atoms with Crippen molar-refractivity contribution in [3.8, 4) is 5.75 Å². The van der Waals surface area contributed by atoms with E-state index in [9.17, 15) is 0 Å². The second-order valence-electron chi connectivity index (χ2n) is 5.03. The summed E-state index contributed by atoms with van der Waals surface area (Å²) in [6.07, 6.45) is 1.88. The molecule has 0 aromatic heterocycles. The number of benzene rings is 1. The first-order valence-corrected chi connectivity index (χ1v) is 6.52. The molecular weight excluding hydrogens is 226 g/mol. The molecule has 0 radical (unpaired) electrons. The maximum atomic E-state index is 6.19. The van der Waals surface area contributed by atoms with E-state index in [4.69, 9.17) is 15.2 Å². The molecule has 0 bridgehead atoms. The average molecular weight is 251 g/mol. The normalized spacial score (nSPS) is 13.4. The molecule has 1 rings (SSSR count). The van der Waals surface area contributed by atoms with Gasteiger partial charge in [-0.05, 0) is 51.3 Å². The van der Waals surface area contributed by atoms with Gasteiger partial charge >= 0.3 is 0 Å². The highest BCUT2D eigenvalue weighted by Gasteiger charge is 2.26. The topological polar surface area (TPSA) is 44.5 Å². The van der Waals surface area contributed by atoms with Gasteiger partial charge in [-0.2, -0.15) is 0 Å². The molecule has 0 aliphatic carbocycles. The minimum Gasteiger partial charge on any atom is -0.497 e. The van der Waals surface area contributed by atoms with Gasteiger partial charge in [-0.25, -0.2) is 0 Å². The summed E-state index contributed by atoms with van der Waals surface area (Å²) in [6.45, 7) is 6.80. The zero-order valence-corrected chi connectivity index (χ0v) is 11.9. The van der Waals surface area contributed by atoms with E-state index in [1.165, 1.54) is 5.56 Å². The molecule has 1 aromatic carbocycles. The lowest BCUT2D eigenvalue weighted by atomic mass is 9.93. The first-order chi connectivity index (χ1) is 8.49. The van der Waals surface area contributed by atoms with Crippen molar-refractivity contribution >= 4 is 0 Å². The number of hydrogen-bond acceptors (Lipinski definition) is 3. The standard InChI is InChI=1S/C15H25NO2/c1-5-18-15(2,3)14(16)11-8-12-6-9-13(17-4)10-7-12/h6-7,9-10,14H,5,8,11,16H2,1-4H3. The number of rotatable bonds is 7. The van der Waals surface area contributed by atoms with Crippen molar-refractivity contribution in [1.29, 1.82) is 0 Å². The van der Waals surface area contributed by atoms with E-state index >= 15 is 0 Å². The molecule has 0 amide bonds. The van der Waals surface area contributed by atoms with Gasteiger partial charge < -0.3 is 15.2 Å². The Hall–Kier alpha value is -1.06. The molecule has 0 fully saturated rings. The van der Waals surface area contributed by atoms with Gasteiger partial charge in [0.15, 0.2) is 0 Å². The minimum absolute atomic E-state index is 0.0413. The number of hydrogen-bond donors (Lipinski definition) is 1. The van der Waals surface area contributed by atoms with E-state index in [1.807, 2.05) is 19.1 Å². The summed E-state index contributed by atoms with van der Waals surface area (Å²) in [6, 6.07) is 8.17. The Morgan fingerprint density at radius 3 is 2.33 bits per heavy atom. The average Bonchev–Trinajstić information content (AvgIpc) is 2.36. The van der Waals surface area contributed by atoms with Crippen LogP contribution in [-0.2, 0) is 11.2 Å². The van der Waals surface area contributed by atoms with Crippen LogP contribution in [-0.4, -0.2) is 25.4 Å². The van der Waals surface area contributed by atoms with Gasteiger partial charge in [-0.3, -0.25) is 0 Å². The molecule has 2 N–H and O–H groups in total. The molecular formula is C15H25NO2. The molecule has 0 heterocycles. The minimum atomic E-state index is -0.263. The molecule has 0 spiro atoms. The first-order valence-electron chi connectivity index (χ1n) is 6.52. The van der Waals surface area contributed by atoms with Crippen molar-refractivity contribution in [2.45, 2.75) is 45.3 Å². The van der Waals surface area contributed by atoms with Crippen LogP contribution in [0.15, 0.2) is 24.3 Å². The van der Waals surface area contributed by atoms with Crippen LogP contribution in [0, 0.1) is 0 Å². The summed E-state index contributed by atoms with van der Waals surface area (Å²) in [5, 5.41) is 0. The van der Waals surface area contributed by atoms with Crippen LogP contribution in [0.5, 0.6) is 5.75 Å². The molecule has 0 saturated carbocycles. The van der Waals surface area contributed by atoms with E-state index in [0.29, 0.717) is 6.61 Å². The summed E-state index contributed by atoms with van der Waals surface area (Å²) in [7, 11) is 1.68. The second-order valence-corrected chi connectivity index (χ2v) is 5.03. The van der Waals surface area contributed by atoms with Gasteiger partial charge in [-0.15, -0.1) is 0 Å². The van der Waals surface area contributed by atoms with E-state index in [2.05, 4.69) is 26.0 Å². The summed E-state index contributed by atoms with van der Waals surface area (Å²) in [5.74, 6) is 0.887. The van der Waals surface area contributed by atoms with Crippen LogP contribution in [0.2, 0.25) is 0 Å². The van der Waals surface area contributed by atoms with Crippen molar-refractivity contribution in [1.82, 2.24) is 0 Å². The largest absolute Gasteiger partial charge is 0.497 e. The molecule has 102 valence electrons. The van der Waals surface area contributed by atoms with Gasteiger partial charge in [-0.1, -0.05) is 12.1 Å². The maximum absolute atomic E-state index is 6.19. The van der Waals surface area contributed by atoms with E-state index in [1.54, 1.807) is 7.11 Å². The van der Waals surface area contributed by atoms with E-state index in [-0.39, 0.29) is 11.6 Å². The Morgan fingerprint density at radius 1 is 1.22 bits per heavy atom. The fraction of sp³-hybridized carbons (Fsp3) is 0.600. The smallest absolute Gasteiger partial charge is 0.118 e. The SMILES string of the molecule is CCOC(C)(C)C(N)CCc1ccc(OC)cc1. The highest BCUT2D eigenvalue weighted by atomic mass is 16.5. The third-order valence-electron chi connectivity index (χ3n) is 3.31. The molecule has 3 heteroatoms. The van der Waals surface area contributed by atoms with Crippen LogP contribution in [0.3, 0.4) is 0 Å². The van der Waals surface area contributed by atoms with Gasteiger partial charge in [0.2, 0.25) is 0 Å². The number of aryl methyl sites for hydroxylation is 1. The monoisotopic (exact) mass is 251 g/mol. The van der Waals surface area contributed by atoms with Gasteiger partial charge in [0.25, 0.3) is 0 Å². The third kappa shape index (κ3) is 4.31. The molecule has 1 aromatic rings. The zero-order valence-electron chi connectivity index (χ0n) is 11.9. The number of nitrogens with two attached hydrogens (primary N) is 1. The quantitative estimate of drug-likeness (QED) is 0.810. The van der Waals surface area contributed by atoms with Crippen LogP contribution >= 0.6 is 0 Å². The first kappa shape index (κ1) is 15.0. The van der Waals surface area contributed by atoms with Gasteiger partial charge in [0, 0.05) is 12.6 Å². The Bertz CT molecular complexity index is 346. The molecule has 1 unspecified atom stereocenters. The fourth-order valence-corrected chi connectivity index (χ4v) is 1.94. The number of ether oxygens (including phenoxy) is 2. The highest BCUT2D eigenvalue weighted by Crippen LogP contribution is 2.19. The highest BCUT2D eigenvalue weighted by molar-refractivity contribution is 5.27. The van der Waals surface area contributed by atoms with Crippen molar-refractivity contribution in [3.05, 3.63) is 29.8 Å². The summed E-state index contributed by atoms with van der Waals surface area (Å²) in [4.78, 5) is 0. The van der Waals surface area contributed by atoms with Crippen LogP contribution in [0.25, 0.3) is 0 Å². The lowest BCUT2D eigenvalue weighted by Crippen LogP contribution is -2.45. The van der Waals surface area contributed by atoms with Crippen LogP contribution in [0.4, 0.5) is 0 Å². The van der Waals surface area contributed by atoms with Crippen molar-refractivity contribution < 1.29 is 9.47 Å². The van der Waals surface area contributed by atoms with E-state index in [0.717, 1.165) is 18.6 Å². The molecule has 0 saturated heterocycles.